The molecule has 0 bridgehead atoms. The summed E-state index contributed by atoms with van der Waals surface area (Å²) in [6.45, 7) is 3.11. The van der Waals surface area contributed by atoms with Crippen LogP contribution in [-0.2, 0) is 19.1 Å². The summed E-state index contributed by atoms with van der Waals surface area (Å²) in [7, 11) is 9.49. The second kappa shape index (κ2) is 36.5. The molecule has 6 aromatic carbocycles. The van der Waals surface area contributed by atoms with Gasteiger partial charge in [-0.05, 0) is 195 Å². The zero-order chi connectivity index (χ0) is 77.2. The number of nitrogens with zero attached hydrogens (tertiary/aromatic N) is 15. The molecule has 1 atom stereocenters. The van der Waals surface area contributed by atoms with Crippen LogP contribution >= 0.6 is 0 Å². The Morgan fingerprint density at radius 2 is 0.757 bits per heavy atom. The van der Waals surface area contributed by atoms with Crippen molar-refractivity contribution in [3.63, 3.8) is 0 Å². The fourth-order valence-corrected chi connectivity index (χ4v) is 13.9. The van der Waals surface area contributed by atoms with Gasteiger partial charge in [0.05, 0.1) is 40.9 Å². The number of amides is 3. The molecule has 1 aliphatic heterocycles. The summed E-state index contributed by atoms with van der Waals surface area (Å²) < 4.78 is 28.6. The summed E-state index contributed by atoms with van der Waals surface area (Å²) >= 11 is 0. The molecule has 6 aromatic heterocycles. The minimum atomic E-state index is -0.0902. The quantitative estimate of drug-likeness (QED) is 0.0371. The average molecular weight is 1490 g/mol. The first-order chi connectivity index (χ1) is 54.1. The first-order valence-corrected chi connectivity index (χ1v) is 37.2. The van der Waals surface area contributed by atoms with Crippen LogP contribution in [-0.4, -0.2) is 172 Å². The molecule has 0 radical (unpaired) electrons. The molecule has 570 valence electrons. The van der Waals surface area contributed by atoms with Crippen molar-refractivity contribution >= 4 is 68.3 Å². The topological polar surface area (TPSA) is 331 Å². The maximum atomic E-state index is 12.6. The molecule has 111 heavy (non-hydrogen) atoms. The van der Waals surface area contributed by atoms with E-state index in [1.54, 1.807) is 25.3 Å². The van der Waals surface area contributed by atoms with Crippen molar-refractivity contribution in [3.05, 3.63) is 219 Å². The number of likely N-dealkylation sites (N-methyl/N-ethyl adjacent to an activating group) is 2. The minimum Gasteiger partial charge on any atom is -0.457 e. The van der Waals surface area contributed by atoms with Crippen molar-refractivity contribution in [2.24, 2.45) is 0 Å². The van der Waals surface area contributed by atoms with Crippen molar-refractivity contribution in [1.82, 2.24) is 84.6 Å². The molecule has 1 unspecified atom stereocenters. The zero-order valence-electron chi connectivity index (χ0n) is 62.9. The molecule has 1 saturated heterocycles. The third-order valence-electron chi connectivity index (χ3n) is 19.5. The molecule has 12 aromatic rings. The number of nitrogens with two attached hydrogens (primary N) is 3. The lowest BCUT2D eigenvalue weighted by Crippen LogP contribution is -2.37. The summed E-state index contributed by atoms with van der Waals surface area (Å²) in [5, 5.41) is 23.3. The van der Waals surface area contributed by atoms with E-state index in [2.05, 4.69) is 40.5 Å². The largest absolute Gasteiger partial charge is 0.457 e. The van der Waals surface area contributed by atoms with Gasteiger partial charge in [0.1, 0.15) is 88.0 Å². The molecule has 27 heteroatoms. The number of nitrogen functional groups attached to an aromatic ring is 3. The Kier molecular flexibility index (Phi) is 25.1. The van der Waals surface area contributed by atoms with Crippen LogP contribution in [0.25, 0.3) is 66.9 Å². The fraction of sp³-hybridized carbons (Fsp3) is 0.286. The van der Waals surface area contributed by atoms with Crippen LogP contribution in [0.2, 0.25) is 0 Å². The highest BCUT2D eigenvalue weighted by atomic mass is 16.5. The SMILES string of the molecule is CN(C)C/C=C/C(=O)N1CCC(n2nc(-c3ccc(Oc4ccccc4)cc3)c3c(N)ncnc32)C1.CN(C)C/C=C/C(=O)NC1CCC(n2nc(-c3ccc(Oc4ccccc4)cc3)c3c(N)ncnc32)CC1.COC/C=C/C(=O)NC1CCC(n2nc(-c3ccc(Oc4ccccc4)cc3)c3c(N)ncnc32)CC1. The molecule has 8 N–H and O–H groups in total. The van der Waals surface area contributed by atoms with Crippen LogP contribution in [0, 0.1) is 0 Å². The number of benzene rings is 6. The molecule has 3 amide bonds. The number of nitrogens with one attached hydrogen (secondary N) is 2. The van der Waals surface area contributed by atoms with Gasteiger partial charge in [-0.3, -0.25) is 14.4 Å². The van der Waals surface area contributed by atoms with Gasteiger partial charge in [0.25, 0.3) is 0 Å². The molecular formula is C84H92N20O7. The van der Waals surface area contributed by atoms with Crippen LogP contribution in [0.15, 0.2) is 219 Å². The van der Waals surface area contributed by atoms with Gasteiger partial charge in [-0.15, -0.1) is 0 Å². The van der Waals surface area contributed by atoms with E-state index in [0.29, 0.717) is 53.9 Å². The van der Waals surface area contributed by atoms with Crippen molar-refractivity contribution in [1.29, 1.82) is 0 Å². The Morgan fingerprint density at radius 1 is 0.423 bits per heavy atom. The van der Waals surface area contributed by atoms with E-state index in [1.165, 1.54) is 25.1 Å². The van der Waals surface area contributed by atoms with Crippen molar-refractivity contribution in [2.75, 3.05) is 85.3 Å². The highest BCUT2D eigenvalue weighted by molar-refractivity contribution is 6.00. The number of anilines is 3. The molecule has 3 fully saturated rings. The summed E-state index contributed by atoms with van der Waals surface area (Å²) in [6, 6.07) is 52.9. The van der Waals surface area contributed by atoms with E-state index < -0.39 is 0 Å². The third kappa shape index (κ3) is 19.4. The second-order valence-electron chi connectivity index (χ2n) is 28.0. The van der Waals surface area contributed by atoms with Gasteiger partial charge in [-0.2, -0.15) is 15.3 Å². The Labute approximate surface area is 643 Å². The van der Waals surface area contributed by atoms with Crippen molar-refractivity contribution < 1.29 is 33.3 Å². The standard InChI is InChI=1S/C29H33N7O2.C28H30N6O3.C27H29N7O2/c1-35(2)18-6-9-25(37)33-21-12-14-22(15-13-21)36-29-26(28(30)31-19-32-29)27(34-36)20-10-16-24(17-11-20)38-23-7-4-3-5-8-23;1-36-17-5-8-24(35)32-20-11-13-21(14-12-20)34-28-25(27(29)30-18-31-28)26(33-34)19-9-15-23(16-10-19)37-22-6-3-2-4-7-22;1-32(2)15-6-9-23(35)33-16-14-20(17-33)34-27-24(26(28)29-18-30-27)25(31-34)19-10-12-22(13-11-19)36-21-7-4-3-5-8-21/h3-11,16-17,19,21-22H,12-15,18H2,1-2H3,(H,33,37)(H2,30,31,32);2-10,15-16,18,20-21H,11-14,17H2,1H3,(H,32,35)(H2,29,30,31);3-13,18,20H,14-17H2,1-2H3,(H2,28,29,30)/b9-6+;8-5+;9-6+. The molecule has 2 aliphatic carbocycles. The lowest BCUT2D eigenvalue weighted by atomic mass is 9.91. The Hall–Kier alpha value is -12.7. The second-order valence-corrected chi connectivity index (χ2v) is 28.0. The number of aromatic nitrogens is 12. The molecular weight excluding hydrogens is 1400 g/mol. The Balaban J connectivity index is 0.000000146. The molecule has 0 spiro atoms. The average Bonchev–Trinajstić information content (AvgIpc) is 1.62. The van der Waals surface area contributed by atoms with Crippen LogP contribution in [0.5, 0.6) is 34.5 Å². The Bertz CT molecular complexity index is 5190. The van der Waals surface area contributed by atoms with E-state index in [9.17, 15) is 14.4 Å². The smallest absolute Gasteiger partial charge is 0.246 e. The van der Waals surface area contributed by atoms with Crippen LogP contribution < -0.4 is 42.0 Å². The highest BCUT2D eigenvalue weighted by Crippen LogP contribution is 2.41. The number of ether oxygens (including phenoxy) is 4. The number of rotatable bonds is 23. The van der Waals surface area contributed by atoms with Gasteiger partial charge in [0.2, 0.25) is 17.7 Å². The summed E-state index contributed by atoms with van der Waals surface area (Å²) in [6.07, 6.45) is 22.5. The molecule has 3 aliphatic rings. The number of hydrogen-bond acceptors (Lipinski definition) is 21. The number of hydrogen-bond donors (Lipinski definition) is 5. The predicted octanol–water partition coefficient (Wildman–Crippen LogP) is 13.0. The van der Waals surface area contributed by atoms with Gasteiger partial charge in [-0.25, -0.2) is 43.9 Å². The van der Waals surface area contributed by atoms with Gasteiger partial charge in [0, 0.05) is 80.3 Å². The first kappa shape index (κ1) is 76.5. The Morgan fingerprint density at radius 3 is 1.11 bits per heavy atom. The minimum absolute atomic E-state index is 0.00226. The molecule has 27 nitrogen and oxygen atoms in total. The molecule has 7 heterocycles. The van der Waals surface area contributed by atoms with Crippen molar-refractivity contribution in [2.45, 2.75) is 88.0 Å². The number of para-hydroxylation sites is 3. The van der Waals surface area contributed by atoms with E-state index in [0.717, 1.165) is 156 Å². The lowest BCUT2D eigenvalue weighted by Gasteiger charge is -2.29. The maximum Gasteiger partial charge on any atom is 0.246 e. The summed E-state index contributed by atoms with van der Waals surface area (Å²) in [5.41, 5.74) is 26.0. The number of carbonyl (C=O) groups is 3. The van der Waals surface area contributed by atoms with Gasteiger partial charge in [-0.1, -0.05) is 72.8 Å². The zero-order valence-corrected chi connectivity index (χ0v) is 62.9. The van der Waals surface area contributed by atoms with E-state index in [1.807, 2.05) is 233 Å². The molecule has 15 rings (SSSR count). The predicted molar refractivity (Wildman–Crippen MR) is 431 cm³/mol. The number of carbonyl (C=O) groups excluding carboxylic acids is 3. The van der Waals surface area contributed by atoms with Crippen LogP contribution in [0.3, 0.4) is 0 Å². The molecule has 2 saturated carbocycles. The first-order valence-electron chi connectivity index (χ1n) is 37.2. The van der Waals surface area contributed by atoms with Gasteiger partial charge >= 0.3 is 0 Å². The van der Waals surface area contributed by atoms with E-state index in [-0.39, 0.29) is 47.9 Å². The number of likely N-dealkylation sites (tertiary alicyclic amines) is 1. The maximum absolute atomic E-state index is 12.6. The highest BCUT2D eigenvalue weighted by Gasteiger charge is 2.33. The summed E-state index contributed by atoms with van der Waals surface area (Å²) in [5.74, 6) is 5.61. The normalized spacial score (nSPS) is 17.1. The third-order valence-corrected chi connectivity index (χ3v) is 19.5. The fourth-order valence-electron chi connectivity index (χ4n) is 13.9. The van der Waals surface area contributed by atoms with E-state index in [4.69, 9.17) is 51.4 Å². The van der Waals surface area contributed by atoms with Crippen molar-refractivity contribution in [3.8, 4) is 68.3 Å². The van der Waals surface area contributed by atoms with Gasteiger partial charge in [0.15, 0.2) is 16.9 Å². The van der Waals surface area contributed by atoms with Crippen LogP contribution in [0.4, 0.5) is 17.5 Å². The van der Waals surface area contributed by atoms with Crippen LogP contribution in [0.1, 0.15) is 75.9 Å². The lowest BCUT2D eigenvalue weighted by molar-refractivity contribution is -0.125. The number of fused-ring (bicyclic) bond motifs is 3. The number of methoxy groups -OCH3 is 1. The van der Waals surface area contributed by atoms with Gasteiger partial charge < -0.3 is 61.5 Å². The van der Waals surface area contributed by atoms with E-state index >= 15 is 0 Å². The monoisotopic (exact) mass is 1490 g/mol. The summed E-state index contributed by atoms with van der Waals surface area (Å²) in [4.78, 5) is 69.2.